The Labute approximate surface area is 109 Å². The third-order valence-electron chi connectivity index (χ3n) is 3.69. The maximum Gasteiger partial charge on any atom is 0.323 e. The van der Waals surface area contributed by atoms with E-state index in [-0.39, 0.29) is 5.91 Å². The van der Waals surface area contributed by atoms with Crippen LogP contribution in [-0.2, 0) is 9.59 Å². The lowest BCUT2D eigenvalue weighted by molar-refractivity contribution is -0.151. The van der Waals surface area contributed by atoms with E-state index in [0.717, 1.165) is 6.42 Å². The first kappa shape index (κ1) is 15.0. The summed E-state index contributed by atoms with van der Waals surface area (Å²) in [4.78, 5) is 25.1. The number of carboxylic acids is 1. The maximum atomic E-state index is 12.0. The minimum absolute atomic E-state index is 0.0851. The highest BCUT2D eigenvalue weighted by molar-refractivity contribution is 5.84. The highest BCUT2D eigenvalue weighted by Crippen LogP contribution is 2.31. The summed E-state index contributed by atoms with van der Waals surface area (Å²) in [7, 11) is 0. The number of hydrogen-bond acceptors (Lipinski definition) is 3. The Kier molecular flexibility index (Phi) is 4.73. The van der Waals surface area contributed by atoms with Crippen molar-refractivity contribution < 1.29 is 14.7 Å². The lowest BCUT2D eigenvalue weighted by atomic mass is 9.98. The molecule has 5 nitrogen and oxygen atoms in total. The zero-order valence-electron chi connectivity index (χ0n) is 11.7. The maximum absolute atomic E-state index is 12.0. The van der Waals surface area contributed by atoms with E-state index < -0.39 is 17.6 Å². The molecular formula is C13H24N2O3. The number of hydrogen-bond donors (Lipinski definition) is 2. The first-order valence-electron chi connectivity index (χ1n) is 6.57. The van der Waals surface area contributed by atoms with Gasteiger partial charge in [-0.3, -0.25) is 14.5 Å². The lowest BCUT2D eigenvalue weighted by Crippen LogP contribution is -2.56. The minimum atomic E-state index is -0.908. The van der Waals surface area contributed by atoms with E-state index in [9.17, 15) is 14.7 Å². The van der Waals surface area contributed by atoms with Crippen LogP contribution in [0.4, 0.5) is 0 Å². The van der Waals surface area contributed by atoms with Gasteiger partial charge in [-0.15, -0.1) is 0 Å². The first-order valence-corrected chi connectivity index (χ1v) is 6.57. The monoisotopic (exact) mass is 256 g/mol. The summed E-state index contributed by atoms with van der Waals surface area (Å²) in [6.45, 7) is 8.83. The number of carbonyl (C=O) groups is 2. The van der Waals surface area contributed by atoms with Crippen LogP contribution in [0.5, 0.6) is 0 Å². The van der Waals surface area contributed by atoms with Gasteiger partial charge in [0.25, 0.3) is 0 Å². The van der Waals surface area contributed by atoms with Crippen LogP contribution in [0.3, 0.4) is 0 Å². The number of amides is 1. The normalized spacial score (nSPS) is 26.3. The fraction of sp³-hybridized carbons (Fsp3) is 0.846. The van der Waals surface area contributed by atoms with Gasteiger partial charge in [-0.25, -0.2) is 0 Å². The van der Waals surface area contributed by atoms with E-state index in [2.05, 4.69) is 5.32 Å². The van der Waals surface area contributed by atoms with Crippen LogP contribution < -0.4 is 5.32 Å². The number of carboxylic acid groups (broad SMARTS) is 1. The number of nitrogens with zero attached hydrogens (tertiary/aromatic N) is 1. The Bertz CT molecular complexity index is 330. The van der Waals surface area contributed by atoms with Crippen LogP contribution >= 0.6 is 0 Å². The van der Waals surface area contributed by atoms with Gasteiger partial charge < -0.3 is 10.4 Å². The summed E-state index contributed by atoms with van der Waals surface area (Å²) >= 11 is 0. The number of likely N-dealkylation sites (tertiary alicyclic amines) is 1. The summed E-state index contributed by atoms with van der Waals surface area (Å²) in [6.07, 6.45) is 1.43. The summed E-state index contributed by atoms with van der Waals surface area (Å²) < 4.78 is 0. The van der Waals surface area contributed by atoms with Crippen molar-refractivity contribution in [1.82, 2.24) is 10.2 Å². The van der Waals surface area contributed by atoms with Gasteiger partial charge in [0.15, 0.2) is 0 Å². The van der Waals surface area contributed by atoms with Gasteiger partial charge >= 0.3 is 5.97 Å². The zero-order chi connectivity index (χ0) is 13.9. The lowest BCUT2D eigenvalue weighted by Gasteiger charge is -2.35. The largest absolute Gasteiger partial charge is 0.480 e. The van der Waals surface area contributed by atoms with Crippen molar-refractivity contribution in [2.75, 3.05) is 13.1 Å². The van der Waals surface area contributed by atoms with E-state index in [0.29, 0.717) is 25.4 Å². The van der Waals surface area contributed by atoms with Crippen LogP contribution in [0.1, 0.15) is 40.5 Å². The van der Waals surface area contributed by atoms with E-state index >= 15 is 0 Å². The van der Waals surface area contributed by atoms with Crippen molar-refractivity contribution in [2.45, 2.75) is 52.1 Å². The van der Waals surface area contributed by atoms with E-state index in [1.54, 1.807) is 18.7 Å². The molecule has 2 unspecified atom stereocenters. The second-order valence-electron chi connectivity index (χ2n) is 5.69. The van der Waals surface area contributed by atoms with Gasteiger partial charge in [-0.2, -0.15) is 0 Å². The molecule has 1 amide bonds. The van der Waals surface area contributed by atoms with Crippen LogP contribution in [0, 0.1) is 5.92 Å². The van der Waals surface area contributed by atoms with Crippen molar-refractivity contribution in [3.05, 3.63) is 0 Å². The van der Waals surface area contributed by atoms with Gasteiger partial charge in [0.1, 0.15) is 5.54 Å². The number of carbonyl (C=O) groups excluding carboxylic acids is 1. The second kappa shape index (κ2) is 5.69. The van der Waals surface area contributed by atoms with Crippen molar-refractivity contribution in [3.63, 3.8) is 0 Å². The molecule has 0 aromatic rings. The molecule has 2 atom stereocenters. The Hall–Kier alpha value is -1.10. The third kappa shape index (κ3) is 3.02. The van der Waals surface area contributed by atoms with Crippen molar-refractivity contribution >= 4 is 11.9 Å². The molecule has 1 saturated heterocycles. The minimum Gasteiger partial charge on any atom is -0.480 e. The average molecular weight is 256 g/mol. The van der Waals surface area contributed by atoms with Crippen molar-refractivity contribution in [1.29, 1.82) is 0 Å². The summed E-state index contributed by atoms with van der Waals surface area (Å²) in [5, 5.41) is 12.2. The summed E-state index contributed by atoms with van der Waals surface area (Å²) in [5.41, 5.74) is -0.908. The molecule has 2 N–H and O–H groups in total. The standard InChI is InChI=1S/C13H24N2O3/c1-9(2)8-14-11(16)10(3)15-7-5-6-13(15,4)12(17)18/h9-10H,5-8H2,1-4H3,(H,14,16)(H,17,18). The molecule has 18 heavy (non-hydrogen) atoms. The summed E-state index contributed by atoms with van der Waals surface area (Å²) in [6, 6.07) is -0.396. The highest BCUT2D eigenvalue weighted by Gasteiger charge is 2.46. The van der Waals surface area contributed by atoms with E-state index in [4.69, 9.17) is 0 Å². The number of aliphatic carboxylic acids is 1. The van der Waals surface area contributed by atoms with Gasteiger partial charge in [-0.05, 0) is 32.6 Å². The second-order valence-corrected chi connectivity index (χ2v) is 5.69. The topological polar surface area (TPSA) is 69.6 Å². The molecule has 1 fully saturated rings. The van der Waals surface area contributed by atoms with Gasteiger partial charge in [-0.1, -0.05) is 13.8 Å². The third-order valence-corrected chi connectivity index (χ3v) is 3.69. The Morgan fingerprint density at radius 1 is 1.39 bits per heavy atom. The molecule has 104 valence electrons. The zero-order valence-corrected chi connectivity index (χ0v) is 11.7. The van der Waals surface area contributed by atoms with Gasteiger partial charge in [0, 0.05) is 13.1 Å². The van der Waals surface area contributed by atoms with Crippen LogP contribution in [0.25, 0.3) is 0 Å². The number of nitrogens with one attached hydrogen (secondary N) is 1. The molecular weight excluding hydrogens is 232 g/mol. The van der Waals surface area contributed by atoms with Crippen LogP contribution in [-0.4, -0.2) is 46.6 Å². The van der Waals surface area contributed by atoms with Crippen LogP contribution in [0.15, 0.2) is 0 Å². The van der Waals surface area contributed by atoms with E-state index in [1.807, 2.05) is 13.8 Å². The highest BCUT2D eigenvalue weighted by atomic mass is 16.4. The Morgan fingerprint density at radius 3 is 2.50 bits per heavy atom. The number of rotatable bonds is 5. The molecule has 1 heterocycles. The molecule has 1 aliphatic heterocycles. The predicted octanol–water partition coefficient (Wildman–Crippen LogP) is 1.09. The predicted molar refractivity (Wildman–Crippen MR) is 69.3 cm³/mol. The van der Waals surface area contributed by atoms with Gasteiger partial charge in [0.2, 0.25) is 5.91 Å². The summed E-state index contributed by atoms with van der Waals surface area (Å²) in [5.74, 6) is -0.535. The molecule has 0 aromatic heterocycles. The van der Waals surface area contributed by atoms with Crippen molar-refractivity contribution in [3.8, 4) is 0 Å². The first-order chi connectivity index (χ1) is 8.29. The van der Waals surface area contributed by atoms with E-state index in [1.165, 1.54) is 0 Å². The Morgan fingerprint density at radius 2 is 2.00 bits per heavy atom. The molecule has 5 heteroatoms. The SMILES string of the molecule is CC(C)CNC(=O)C(C)N1CCCC1(C)C(=O)O. The van der Waals surface area contributed by atoms with Gasteiger partial charge in [0.05, 0.1) is 6.04 Å². The molecule has 0 spiro atoms. The van der Waals surface area contributed by atoms with Crippen LogP contribution in [0.2, 0.25) is 0 Å². The molecule has 0 radical (unpaired) electrons. The molecule has 1 aliphatic rings. The fourth-order valence-corrected chi connectivity index (χ4v) is 2.43. The molecule has 0 bridgehead atoms. The Balaban J connectivity index is 2.68. The molecule has 1 rings (SSSR count). The quantitative estimate of drug-likeness (QED) is 0.772. The smallest absolute Gasteiger partial charge is 0.323 e. The van der Waals surface area contributed by atoms with Crippen molar-refractivity contribution in [2.24, 2.45) is 5.92 Å². The molecule has 0 saturated carbocycles. The fourth-order valence-electron chi connectivity index (χ4n) is 2.43. The average Bonchev–Trinajstić information content (AvgIpc) is 2.68. The molecule has 0 aliphatic carbocycles. The molecule has 0 aromatic carbocycles.